The van der Waals surface area contributed by atoms with Crippen LogP contribution in [-0.2, 0) is 6.42 Å². The molecule has 0 aliphatic rings. The topological polar surface area (TPSA) is 51.0 Å². The zero-order valence-electron chi connectivity index (χ0n) is 11.5. The summed E-state index contributed by atoms with van der Waals surface area (Å²) in [7, 11) is 0. The van der Waals surface area contributed by atoms with Gasteiger partial charge in [-0.15, -0.1) is 0 Å². The number of nitrogens with zero attached hydrogens (tertiary/aromatic N) is 2. The number of furan rings is 1. The van der Waals surface area contributed by atoms with E-state index in [9.17, 15) is 0 Å². The molecule has 0 aliphatic carbocycles. The maximum Gasteiger partial charge on any atom is 0.197 e. The van der Waals surface area contributed by atoms with E-state index in [1.807, 2.05) is 12.1 Å². The van der Waals surface area contributed by atoms with Crippen molar-refractivity contribution in [1.29, 1.82) is 0 Å². The monoisotopic (exact) mass is 401 g/mol. The summed E-state index contributed by atoms with van der Waals surface area (Å²) >= 11 is 6.90. The van der Waals surface area contributed by atoms with Crippen molar-refractivity contribution in [2.75, 3.05) is 11.9 Å². The molecule has 0 saturated heterocycles. The zero-order valence-corrected chi connectivity index (χ0v) is 14.7. The van der Waals surface area contributed by atoms with Crippen molar-refractivity contribution < 1.29 is 4.42 Å². The highest BCUT2D eigenvalue weighted by molar-refractivity contribution is 9.10. The molecule has 6 heteroatoms. The van der Waals surface area contributed by atoms with Gasteiger partial charge in [0.15, 0.2) is 16.3 Å². The van der Waals surface area contributed by atoms with Crippen molar-refractivity contribution in [3.8, 4) is 11.6 Å². The van der Waals surface area contributed by atoms with Gasteiger partial charge in [0, 0.05) is 6.54 Å². The summed E-state index contributed by atoms with van der Waals surface area (Å²) < 4.78 is 7.18. The van der Waals surface area contributed by atoms with Crippen molar-refractivity contribution in [3.05, 3.63) is 27.0 Å². The first-order chi connectivity index (χ1) is 9.65. The molecule has 0 aromatic carbocycles. The van der Waals surface area contributed by atoms with E-state index in [1.165, 1.54) is 0 Å². The average molecular weight is 403 g/mol. The first-order valence-electron chi connectivity index (χ1n) is 6.71. The van der Waals surface area contributed by atoms with Crippen LogP contribution < -0.4 is 5.32 Å². The molecule has 0 atom stereocenters. The Balaban J connectivity index is 2.43. The number of rotatable bonds is 6. The third-order valence-electron chi connectivity index (χ3n) is 2.74. The molecule has 2 rings (SSSR count). The Hall–Kier alpha value is -0.880. The molecule has 0 fully saturated rings. The summed E-state index contributed by atoms with van der Waals surface area (Å²) in [4.78, 5) is 9.15. The van der Waals surface area contributed by atoms with Gasteiger partial charge in [-0.2, -0.15) is 0 Å². The van der Waals surface area contributed by atoms with Crippen LogP contribution in [0.25, 0.3) is 11.6 Å². The average Bonchev–Trinajstić information content (AvgIpc) is 2.86. The van der Waals surface area contributed by atoms with Gasteiger partial charge in [-0.25, -0.2) is 9.97 Å². The van der Waals surface area contributed by atoms with E-state index in [0.717, 1.165) is 41.8 Å². The van der Waals surface area contributed by atoms with Crippen molar-refractivity contribution in [2.45, 2.75) is 33.1 Å². The minimum atomic E-state index is 0.612. The summed E-state index contributed by atoms with van der Waals surface area (Å²) in [6.07, 6.45) is 2.98. The Bertz CT molecular complexity index is 584. The normalized spacial score (nSPS) is 10.8. The van der Waals surface area contributed by atoms with E-state index in [2.05, 4.69) is 61.0 Å². The van der Waals surface area contributed by atoms with Gasteiger partial charge in [-0.05, 0) is 56.8 Å². The Labute approximate surface area is 135 Å². The molecule has 2 aromatic heterocycles. The van der Waals surface area contributed by atoms with Crippen LogP contribution >= 0.6 is 31.9 Å². The molecule has 0 spiro atoms. The third kappa shape index (κ3) is 3.61. The van der Waals surface area contributed by atoms with E-state index in [-0.39, 0.29) is 0 Å². The lowest BCUT2D eigenvalue weighted by Gasteiger charge is -2.11. The Morgan fingerprint density at radius 3 is 2.55 bits per heavy atom. The largest absolute Gasteiger partial charge is 0.446 e. The summed E-state index contributed by atoms with van der Waals surface area (Å²) in [6.45, 7) is 5.14. The number of nitrogens with one attached hydrogen (secondary N) is 1. The highest BCUT2D eigenvalue weighted by Crippen LogP contribution is 2.29. The number of anilines is 1. The summed E-state index contributed by atoms with van der Waals surface area (Å²) in [6, 6.07) is 3.71. The molecule has 2 heterocycles. The second-order valence-corrected chi connectivity index (χ2v) is 6.01. The minimum absolute atomic E-state index is 0.612. The van der Waals surface area contributed by atoms with Crippen LogP contribution in [0.5, 0.6) is 0 Å². The van der Waals surface area contributed by atoms with Crippen molar-refractivity contribution in [1.82, 2.24) is 9.97 Å². The third-order valence-corrected chi connectivity index (χ3v) is 4.00. The molecule has 4 nitrogen and oxygen atoms in total. The van der Waals surface area contributed by atoms with Gasteiger partial charge >= 0.3 is 0 Å². The first kappa shape index (κ1) is 15.5. The SMILES string of the molecule is CCCNc1nc(-c2ccc(Br)o2)nc(CCC)c1Br. The Morgan fingerprint density at radius 2 is 1.95 bits per heavy atom. The van der Waals surface area contributed by atoms with Gasteiger partial charge in [-0.1, -0.05) is 20.3 Å². The highest BCUT2D eigenvalue weighted by atomic mass is 79.9. The van der Waals surface area contributed by atoms with Crippen LogP contribution in [0, 0.1) is 0 Å². The first-order valence-corrected chi connectivity index (χ1v) is 8.30. The molecule has 2 aromatic rings. The van der Waals surface area contributed by atoms with Crippen molar-refractivity contribution >= 4 is 37.7 Å². The van der Waals surface area contributed by atoms with Crippen LogP contribution in [0.1, 0.15) is 32.4 Å². The Morgan fingerprint density at radius 1 is 1.15 bits per heavy atom. The van der Waals surface area contributed by atoms with Crippen LogP contribution in [0.2, 0.25) is 0 Å². The predicted octanol–water partition coefficient (Wildman–Crippen LogP) is 5.04. The number of hydrogen-bond acceptors (Lipinski definition) is 4. The molecule has 0 bridgehead atoms. The van der Waals surface area contributed by atoms with Crippen molar-refractivity contribution in [2.24, 2.45) is 0 Å². The van der Waals surface area contributed by atoms with Gasteiger partial charge in [0.05, 0.1) is 10.2 Å². The fourth-order valence-corrected chi connectivity index (χ4v) is 2.62. The Kier molecular flexibility index (Phi) is 5.60. The molecule has 20 heavy (non-hydrogen) atoms. The molecular formula is C14H17Br2N3O. The van der Waals surface area contributed by atoms with Gasteiger partial charge in [-0.3, -0.25) is 0 Å². The predicted molar refractivity (Wildman–Crippen MR) is 87.9 cm³/mol. The van der Waals surface area contributed by atoms with Crippen LogP contribution in [0.15, 0.2) is 25.7 Å². The second-order valence-electron chi connectivity index (χ2n) is 4.44. The fraction of sp³-hybridized carbons (Fsp3) is 0.429. The minimum Gasteiger partial charge on any atom is -0.446 e. The number of aryl methyl sites for hydroxylation is 1. The molecular weight excluding hydrogens is 386 g/mol. The maximum absolute atomic E-state index is 5.55. The molecule has 0 aliphatic heterocycles. The molecule has 108 valence electrons. The highest BCUT2D eigenvalue weighted by Gasteiger charge is 2.14. The zero-order chi connectivity index (χ0) is 14.5. The summed E-state index contributed by atoms with van der Waals surface area (Å²) in [5.41, 5.74) is 1.00. The van der Waals surface area contributed by atoms with E-state index in [0.29, 0.717) is 16.3 Å². The van der Waals surface area contributed by atoms with Crippen LogP contribution in [-0.4, -0.2) is 16.5 Å². The number of aromatic nitrogens is 2. The molecule has 0 radical (unpaired) electrons. The summed E-state index contributed by atoms with van der Waals surface area (Å²) in [5, 5.41) is 3.33. The smallest absolute Gasteiger partial charge is 0.197 e. The lowest BCUT2D eigenvalue weighted by Crippen LogP contribution is -2.07. The van der Waals surface area contributed by atoms with Gasteiger partial charge in [0.25, 0.3) is 0 Å². The van der Waals surface area contributed by atoms with E-state index < -0.39 is 0 Å². The van der Waals surface area contributed by atoms with Gasteiger partial charge in [0.1, 0.15) is 5.82 Å². The second kappa shape index (κ2) is 7.22. The van der Waals surface area contributed by atoms with Crippen molar-refractivity contribution in [3.63, 3.8) is 0 Å². The molecule has 0 amide bonds. The van der Waals surface area contributed by atoms with E-state index in [4.69, 9.17) is 4.42 Å². The van der Waals surface area contributed by atoms with Crippen LogP contribution in [0.4, 0.5) is 5.82 Å². The summed E-state index contributed by atoms with van der Waals surface area (Å²) in [5.74, 6) is 2.11. The van der Waals surface area contributed by atoms with E-state index in [1.54, 1.807) is 0 Å². The quantitative estimate of drug-likeness (QED) is 0.735. The molecule has 0 saturated carbocycles. The van der Waals surface area contributed by atoms with E-state index >= 15 is 0 Å². The standard InChI is InChI=1S/C14H17Br2N3O/c1-3-5-9-12(16)14(17-8-4-2)19-13(18-9)10-6-7-11(15)20-10/h6-7H,3-5,8H2,1-2H3,(H,17,18,19). The maximum atomic E-state index is 5.55. The lowest BCUT2D eigenvalue weighted by molar-refractivity contribution is 0.550. The fourth-order valence-electron chi connectivity index (χ4n) is 1.80. The molecule has 0 unspecified atom stereocenters. The van der Waals surface area contributed by atoms with Gasteiger partial charge < -0.3 is 9.73 Å². The van der Waals surface area contributed by atoms with Crippen LogP contribution in [0.3, 0.4) is 0 Å². The number of halogens is 2. The molecule has 1 N–H and O–H groups in total. The number of hydrogen-bond donors (Lipinski definition) is 1. The lowest BCUT2D eigenvalue weighted by atomic mass is 10.2. The van der Waals surface area contributed by atoms with Gasteiger partial charge in [0.2, 0.25) is 0 Å².